The average molecular weight is 292 g/mol. The highest BCUT2D eigenvalue weighted by molar-refractivity contribution is 5.86. The Morgan fingerprint density at radius 3 is 2.38 bits per heavy atom. The van der Waals surface area contributed by atoms with E-state index in [1.165, 1.54) is 30.2 Å². The lowest BCUT2D eigenvalue weighted by molar-refractivity contribution is -0.140. The molecule has 0 radical (unpaired) electrons. The molecule has 8 heteroatoms. The number of carbonyl (C=O) groups is 1. The van der Waals surface area contributed by atoms with Gasteiger partial charge in [-0.1, -0.05) is 6.58 Å². The minimum absolute atomic E-state index is 0.103. The third-order valence-electron chi connectivity index (χ3n) is 3.25. The van der Waals surface area contributed by atoms with Gasteiger partial charge in [0.05, 0.1) is 0 Å². The highest BCUT2D eigenvalue weighted by Crippen LogP contribution is 2.10. The van der Waals surface area contributed by atoms with Crippen LogP contribution in [0.4, 0.5) is 0 Å². The molecule has 0 spiro atoms. The van der Waals surface area contributed by atoms with Crippen molar-refractivity contribution >= 4 is 17.1 Å². The van der Waals surface area contributed by atoms with E-state index in [9.17, 15) is 14.4 Å². The van der Waals surface area contributed by atoms with E-state index in [4.69, 9.17) is 4.74 Å². The molecular formula is C13H16N4O4. The van der Waals surface area contributed by atoms with Crippen molar-refractivity contribution in [3.8, 4) is 0 Å². The Hall–Kier alpha value is -2.64. The second-order valence-electron chi connectivity index (χ2n) is 4.82. The van der Waals surface area contributed by atoms with E-state index < -0.39 is 17.2 Å². The van der Waals surface area contributed by atoms with Crippen LogP contribution in [0.5, 0.6) is 0 Å². The fourth-order valence-electron chi connectivity index (χ4n) is 1.95. The van der Waals surface area contributed by atoms with Crippen molar-refractivity contribution in [2.45, 2.75) is 13.5 Å². The summed E-state index contributed by atoms with van der Waals surface area (Å²) in [6.45, 7) is 4.92. The van der Waals surface area contributed by atoms with Crippen molar-refractivity contribution in [2.75, 3.05) is 0 Å². The quantitative estimate of drug-likeness (QED) is 0.567. The van der Waals surface area contributed by atoms with E-state index in [1.807, 2.05) is 0 Å². The van der Waals surface area contributed by atoms with Crippen molar-refractivity contribution < 1.29 is 9.53 Å². The van der Waals surface area contributed by atoms with E-state index in [2.05, 4.69) is 11.6 Å². The van der Waals surface area contributed by atoms with Crippen LogP contribution in [0, 0.1) is 0 Å². The first kappa shape index (κ1) is 14.8. The summed E-state index contributed by atoms with van der Waals surface area (Å²) < 4.78 is 8.82. The zero-order valence-corrected chi connectivity index (χ0v) is 12.3. The molecule has 0 aliphatic carbocycles. The van der Waals surface area contributed by atoms with Gasteiger partial charge in [-0.25, -0.2) is 14.6 Å². The maximum Gasteiger partial charge on any atom is 0.333 e. The number of rotatable bonds is 3. The summed E-state index contributed by atoms with van der Waals surface area (Å²) >= 11 is 0. The van der Waals surface area contributed by atoms with Crippen molar-refractivity contribution in [2.24, 2.45) is 21.1 Å². The number of hydrogen-bond acceptors (Lipinski definition) is 5. The summed E-state index contributed by atoms with van der Waals surface area (Å²) in [6, 6.07) is 0. The highest BCUT2D eigenvalue weighted by Gasteiger charge is 2.17. The summed E-state index contributed by atoms with van der Waals surface area (Å²) in [5, 5.41) is 0. The molecule has 0 aromatic carbocycles. The molecule has 0 fully saturated rings. The minimum atomic E-state index is -0.538. The van der Waals surface area contributed by atoms with Gasteiger partial charge in [-0.05, 0) is 6.92 Å². The molecule has 2 aromatic rings. The molecule has 0 aliphatic rings. The molecule has 0 saturated carbocycles. The van der Waals surface area contributed by atoms with E-state index in [0.717, 1.165) is 4.57 Å². The Bertz CT molecular complexity index is 869. The maximum atomic E-state index is 12.1. The van der Waals surface area contributed by atoms with Gasteiger partial charge < -0.3 is 9.30 Å². The molecule has 21 heavy (non-hydrogen) atoms. The molecule has 0 unspecified atom stereocenters. The summed E-state index contributed by atoms with van der Waals surface area (Å²) in [4.78, 5) is 39.6. The lowest BCUT2D eigenvalue weighted by Gasteiger charge is -2.04. The molecule has 0 amide bonds. The van der Waals surface area contributed by atoms with Crippen LogP contribution >= 0.6 is 0 Å². The topological polar surface area (TPSA) is 88.1 Å². The van der Waals surface area contributed by atoms with Crippen LogP contribution in [0.2, 0.25) is 0 Å². The van der Waals surface area contributed by atoms with Crippen molar-refractivity contribution in [1.82, 2.24) is 18.7 Å². The molecule has 2 rings (SSSR count). The number of esters is 1. The predicted molar refractivity (Wildman–Crippen MR) is 75.8 cm³/mol. The lowest BCUT2D eigenvalue weighted by Crippen LogP contribution is -2.37. The third-order valence-corrected chi connectivity index (χ3v) is 3.25. The molecule has 0 aliphatic heterocycles. The third kappa shape index (κ3) is 2.28. The van der Waals surface area contributed by atoms with E-state index >= 15 is 0 Å². The summed E-state index contributed by atoms with van der Waals surface area (Å²) in [7, 11) is 4.56. The molecular weight excluding hydrogens is 276 g/mol. The van der Waals surface area contributed by atoms with Crippen LogP contribution < -0.4 is 11.2 Å². The van der Waals surface area contributed by atoms with Gasteiger partial charge in [-0.15, -0.1) is 0 Å². The van der Waals surface area contributed by atoms with Gasteiger partial charge in [0.15, 0.2) is 11.2 Å². The number of imidazole rings is 1. The normalized spacial score (nSPS) is 10.9. The van der Waals surface area contributed by atoms with Crippen molar-refractivity contribution in [3.63, 3.8) is 0 Å². The van der Waals surface area contributed by atoms with E-state index in [0.29, 0.717) is 5.82 Å². The molecule has 2 aromatic heterocycles. The van der Waals surface area contributed by atoms with Gasteiger partial charge in [0.25, 0.3) is 5.56 Å². The van der Waals surface area contributed by atoms with E-state index in [-0.39, 0.29) is 23.3 Å². The standard InChI is InChI=1S/C13H16N4O4/c1-7(2)12(19)21-6-8-14-10-9(15(8)3)11(18)17(5)13(20)16(10)4/h1,6H2,2-5H3. The largest absolute Gasteiger partial charge is 0.454 e. The molecule has 2 heterocycles. The van der Waals surface area contributed by atoms with Crippen LogP contribution in [0.3, 0.4) is 0 Å². The Morgan fingerprint density at radius 2 is 1.81 bits per heavy atom. The lowest BCUT2D eigenvalue weighted by atomic mass is 10.4. The monoisotopic (exact) mass is 292 g/mol. The molecule has 8 nitrogen and oxygen atoms in total. The second kappa shape index (κ2) is 5.04. The Morgan fingerprint density at radius 1 is 1.19 bits per heavy atom. The highest BCUT2D eigenvalue weighted by atomic mass is 16.5. The van der Waals surface area contributed by atoms with Crippen LogP contribution in [0.25, 0.3) is 11.2 Å². The second-order valence-corrected chi connectivity index (χ2v) is 4.82. The fraction of sp³-hybridized carbons (Fsp3) is 0.385. The molecule has 112 valence electrons. The van der Waals surface area contributed by atoms with Gasteiger partial charge in [0.1, 0.15) is 12.4 Å². The van der Waals surface area contributed by atoms with E-state index in [1.54, 1.807) is 7.05 Å². The maximum absolute atomic E-state index is 12.1. The Kier molecular flexibility index (Phi) is 3.54. The van der Waals surface area contributed by atoms with Gasteiger partial charge >= 0.3 is 11.7 Å². The van der Waals surface area contributed by atoms with Crippen LogP contribution in [-0.2, 0) is 37.3 Å². The van der Waals surface area contributed by atoms with Crippen molar-refractivity contribution in [1.29, 1.82) is 0 Å². The number of aryl methyl sites for hydroxylation is 2. The van der Waals surface area contributed by atoms with Gasteiger partial charge in [0.2, 0.25) is 0 Å². The van der Waals surface area contributed by atoms with Crippen molar-refractivity contribution in [3.05, 3.63) is 38.8 Å². The number of aromatic nitrogens is 4. The zero-order valence-electron chi connectivity index (χ0n) is 12.3. The minimum Gasteiger partial charge on any atom is -0.454 e. The first-order valence-electron chi connectivity index (χ1n) is 6.19. The van der Waals surface area contributed by atoms with Gasteiger partial charge in [-0.3, -0.25) is 13.9 Å². The average Bonchev–Trinajstić information content (AvgIpc) is 2.77. The van der Waals surface area contributed by atoms with Crippen LogP contribution in [-0.4, -0.2) is 24.7 Å². The van der Waals surface area contributed by atoms with Gasteiger partial charge in [0, 0.05) is 26.7 Å². The summed E-state index contributed by atoms with van der Waals surface area (Å²) in [5.74, 6) is -0.165. The van der Waals surface area contributed by atoms with Crippen LogP contribution in [0.1, 0.15) is 12.7 Å². The number of hydrogen-bond donors (Lipinski definition) is 0. The molecule has 0 atom stereocenters. The SMILES string of the molecule is C=C(C)C(=O)OCc1nc2c(c(=O)n(C)c(=O)n2C)n1C. The molecule has 0 N–H and O–H groups in total. The summed E-state index contributed by atoms with van der Waals surface area (Å²) in [5.41, 5.74) is -0.0957. The number of nitrogens with zero attached hydrogens (tertiary/aromatic N) is 4. The number of ether oxygens (including phenoxy) is 1. The summed E-state index contributed by atoms with van der Waals surface area (Å²) in [6.07, 6.45) is 0. The molecule has 0 bridgehead atoms. The zero-order chi connectivity index (χ0) is 15.9. The fourth-order valence-corrected chi connectivity index (χ4v) is 1.95. The van der Waals surface area contributed by atoms with Gasteiger partial charge in [-0.2, -0.15) is 0 Å². The first-order chi connectivity index (χ1) is 9.75. The number of fused-ring (bicyclic) bond motifs is 1. The predicted octanol–water partition coefficient (Wildman–Crippen LogP) is -0.410. The Labute approximate surface area is 119 Å². The molecule has 0 saturated heterocycles. The number of carbonyl (C=O) groups excluding carboxylic acids is 1. The smallest absolute Gasteiger partial charge is 0.333 e. The van der Waals surface area contributed by atoms with Crippen LogP contribution in [0.15, 0.2) is 21.7 Å². The first-order valence-corrected chi connectivity index (χ1v) is 6.19. The Balaban J connectivity index is 2.57.